The van der Waals surface area contributed by atoms with Crippen LogP contribution in [-0.4, -0.2) is 42.0 Å². The molecule has 8 nitrogen and oxygen atoms in total. The van der Waals surface area contributed by atoms with Gasteiger partial charge in [-0.3, -0.25) is 9.59 Å². The fourth-order valence-corrected chi connectivity index (χ4v) is 4.35. The zero-order valence-electron chi connectivity index (χ0n) is 24.8. The van der Waals surface area contributed by atoms with Crippen LogP contribution in [0.5, 0.6) is 5.75 Å². The second-order valence-electron chi connectivity index (χ2n) is 9.55. The van der Waals surface area contributed by atoms with Crippen LogP contribution in [0.2, 0.25) is 0 Å². The number of ether oxygens (including phenoxy) is 1. The molecule has 0 bridgehead atoms. The number of carbonyl (C=O) groups excluding carboxylic acids is 2. The van der Waals surface area contributed by atoms with Crippen LogP contribution in [0.1, 0.15) is 68.6 Å². The standard InChI is InChI=1S/C30H35N5O3.C2H6.2H2/c1-7-38-26-15-22(14-23(16-26)24-17-28(34(6)19-24)30(37)33(4)5)21(3)32-29(36)27-18-25(9-8-20(27)2)35-12-10-31-11-13-35;1-2;;/h8-19,21,31H,7H2,1-6H3,(H,32,36);1-2H3;2*1H/t21-;;;/m1.../s1. The van der Waals surface area contributed by atoms with E-state index in [-0.39, 0.29) is 20.7 Å². The Morgan fingerprint density at radius 1 is 1.05 bits per heavy atom. The molecule has 0 aliphatic carbocycles. The molecule has 216 valence electrons. The summed E-state index contributed by atoms with van der Waals surface area (Å²) in [6.45, 7) is 10.3. The number of anilines is 1. The van der Waals surface area contributed by atoms with Gasteiger partial charge in [-0.25, -0.2) is 0 Å². The van der Waals surface area contributed by atoms with Gasteiger partial charge >= 0.3 is 0 Å². The molecule has 0 saturated heterocycles. The van der Waals surface area contributed by atoms with E-state index in [0.717, 1.165) is 27.9 Å². The molecule has 2 amide bonds. The number of aromatic nitrogens is 1. The van der Waals surface area contributed by atoms with Gasteiger partial charge in [-0.05, 0) is 73.9 Å². The van der Waals surface area contributed by atoms with Gasteiger partial charge in [0.15, 0.2) is 0 Å². The first-order chi connectivity index (χ1) is 19.2. The highest BCUT2D eigenvalue weighted by molar-refractivity contribution is 5.97. The number of carbonyl (C=O) groups is 2. The van der Waals surface area contributed by atoms with Gasteiger partial charge < -0.3 is 29.7 Å². The van der Waals surface area contributed by atoms with Crippen LogP contribution in [0, 0.1) is 6.92 Å². The van der Waals surface area contributed by atoms with Crippen molar-refractivity contribution < 1.29 is 17.2 Å². The monoisotopic (exact) mass is 547 g/mol. The Labute approximate surface area is 240 Å². The average Bonchev–Trinajstić information content (AvgIpc) is 3.35. The van der Waals surface area contributed by atoms with Crippen LogP contribution in [0.25, 0.3) is 11.1 Å². The van der Waals surface area contributed by atoms with E-state index in [1.165, 1.54) is 0 Å². The third-order valence-corrected chi connectivity index (χ3v) is 6.48. The van der Waals surface area contributed by atoms with Gasteiger partial charge in [-0.1, -0.05) is 19.9 Å². The van der Waals surface area contributed by atoms with E-state index >= 15 is 0 Å². The van der Waals surface area contributed by atoms with Gasteiger partial charge in [0.2, 0.25) is 0 Å². The Hall–Kier alpha value is -4.46. The van der Waals surface area contributed by atoms with Crippen LogP contribution in [0.3, 0.4) is 0 Å². The van der Waals surface area contributed by atoms with Crippen LogP contribution < -0.4 is 20.3 Å². The summed E-state index contributed by atoms with van der Waals surface area (Å²) in [6.07, 6.45) is 9.39. The van der Waals surface area contributed by atoms with E-state index in [1.54, 1.807) is 19.0 Å². The van der Waals surface area contributed by atoms with Crippen molar-refractivity contribution in [3.05, 3.63) is 95.8 Å². The molecule has 1 aromatic heterocycles. The van der Waals surface area contributed by atoms with Crippen molar-refractivity contribution in [2.45, 2.75) is 40.7 Å². The van der Waals surface area contributed by atoms with E-state index < -0.39 is 0 Å². The molecule has 0 spiro atoms. The molecule has 1 atom stereocenters. The van der Waals surface area contributed by atoms with Gasteiger partial charge in [0.25, 0.3) is 11.8 Å². The molecule has 1 aliphatic rings. The Kier molecular flexibility index (Phi) is 10.2. The summed E-state index contributed by atoms with van der Waals surface area (Å²) in [6, 6.07) is 13.4. The summed E-state index contributed by atoms with van der Waals surface area (Å²) in [5.41, 5.74) is 5.73. The summed E-state index contributed by atoms with van der Waals surface area (Å²) in [4.78, 5) is 29.5. The highest BCUT2D eigenvalue weighted by Crippen LogP contribution is 2.31. The highest BCUT2D eigenvalue weighted by atomic mass is 16.5. The molecule has 0 fully saturated rings. The first kappa shape index (κ1) is 30.1. The van der Waals surface area contributed by atoms with Crippen LogP contribution in [-0.2, 0) is 7.05 Å². The third kappa shape index (κ3) is 6.94. The maximum Gasteiger partial charge on any atom is 0.269 e. The number of amides is 2. The van der Waals surface area contributed by atoms with Crippen molar-refractivity contribution in [2.24, 2.45) is 7.05 Å². The third-order valence-electron chi connectivity index (χ3n) is 6.48. The number of benzene rings is 2. The smallest absolute Gasteiger partial charge is 0.269 e. The van der Waals surface area contributed by atoms with Crippen LogP contribution >= 0.6 is 0 Å². The molecule has 4 rings (SSSR count). The van der Waals surface area contributed by atoms with Gasteiger partial charge in [0, 0.05) is 71.8 Å². The topological polar surface area (TPSA) is 78.8 Å². The van der Waals surface area contributed by atoms with Gasteiger partial charge in [-0.15, -0.1) is 0 Å². The lowest BCUT2D eigenvalue weighted by Gasteiger charge is -2.21. The highest BCUT2D eigenvalue weighted by Gasteiger charge is 2.19. The number of nitrogens with one attached hydrogen (secondary N) is 2. The Balaban J connectivity index is 0.00000216. The quantitative estimate of drug-likeness (QED) is 0.338. The normalized spacial score (nSPS) is 12.7. The number of rotatable bonds is 8. The Morgan fingerprint density at radius 2 is 1.75 bits per heavy atom. The molecule has 0 saturated carbocycles. The molecule has 8 heteroatoms. The molecular formula is C32H45N5O3. The van der Waals surface area contributed by atoms with E-state index in [2.05, 4.69) is 10.6 Å². The Bertz CT molecular complexity index is 1400. The lowest BCUT2D eigenvalue weighted by Crippen LogP contribution is -2.27. The minimum absolute atomic E-state index is 0. The molecule has 40 heavy (non-hydrogen) atoms. The summed E-state index contributed by atoms with van der Waals surface area (Å²) in [7, 11) is 5.34. The zero-order valence-corrected chi connectivity index (χ0v) is 24.8. The molecule has 2 aromatic carbocycles. The lowest BCUT2D eigenvalue weighted by atomic mass is 10.00. The molecule has 0 unspecified atom stereocenters. The largest absolute Gasteiger partial charge is 0.494 e. The fraction of sp³-hybridized carbons (Fsp3) is 0.312. The lowest BCUT2D eigenvalue weighted by molar-refractivity contribution is 0.0818. The molecular weight excluding hydrogens is 502 g/mol. The van der Waals surface area contributed by atoms with E-state index in [1.807, 2.05) is 125 Å². The maximum atomic E-state index is 13.4. The number of hydrogen-bond acceptors (Lipinski definition) is 5. The first-order valence-electron chi connectivity index (χ1n) is 13.6. The van der Waals surface area contributed by atoms with E-state index in [0.29, 0.717) is 23.6 Å². The maximum absolute atomic E-state index is 13.4. The van der Waals surface area contributed by atoms with Gasteiger partial charge in [0.05, 0.1) is 12.6 Å². The predicted octanol–water partition coefficient (Wildman–Crippen LogP) is 6.46. The van der Waals surface area contributed by atoms with Crippen molar-refractivity contribution >= 4 is 17.5 Å². The fourth-order valence-electron chi connectivity index (χ4n) is 4.35. The molecule has 1 aliphatic heterocycles. The summed E-state index contributed by atoms with van der Waals surface area (Å²) in [5, 5.41) is 6.16. The summed E-state index contributed by atoms with van der Waals surface area (Å²) >= 11 is 0. The molecule has 0 radical (unpaired) electrons. The average molecular weight is 548 g/mol. The van der Waals surface area contributed by atoms with Crippen molar-refractivity contribution in [3.8, 4) is 16.9 Å². The number of nitrogens with zero attached hydrogens (tertiary/aromatic N) is 3. The van der Waals surface area contributed by atoms with Crippen molar-refractivity contribution in [1.82, 2.24) is 20.1 Å². The van der Waals surface area contributed by atoms with E-state index in [4.69, 9.17) is 4.74 Å². The van der Waals surface area contributed by atoms with Crippen molar-refractivity contribution in [1.29, 1.82) is 0 Å². The molecule has 2 N–H and O–H groups in total. The van der Waals surface area contributed by atoms with Crippen molar-refractivity contribution in [2.75, 3.05) is 25.6 Å². The first-order valence-corrected chi connectivity index (χ1v) is 13.6. The minimum Gasteiger partial charge on any atom is -0.494 e. The summed E-state index contributed by atoms with van der Waals surface area (Å²) < 4.78 is 7.68. The molecule has 3 aromatic rings. The van der Waals surface area contributed by atoms with Gasteiger partial charge in [-0.2, -0.15) is 0 Å². The molecule has 2 heterocycles. The zero-order chi connectivity index (χ0) is 29.4. The predicted molar refractivity (Wildman–Crippen MR) is 167 cm³/mol. The van der Waals surface area contributed by atoms with Gasteiger partial charge in [0.1, 0.15) is 11.4 Å². The minimum atomic E-state index is -0.282. The second kappa shape index (κ2) is 13.6. The van der Waals surface area contributed by atoms with Crippen molar-refractivity contribution in [3.63, 3.8) is 0 Å². The summed E-state index contributed by atoms with van der Waals surface area (Å²) in [5.74, 6) is 0.493. The van der Waals surface area contributed by atoms with E-state index in [9.17, 15) is 9.59 Å². The SMILES string of the molecule is CC.CCOc1cc(-c2cc(C(=O)N(C)C)n(C)c2)cc([C@@H](C)NC(=O)c2cc(N3C=CNC=C3)ccc2C)c1.[HH].[HH]. The van der Waals surface area contributed by atoms with Crippen LogP contribution in [0.15, 0.2) is 73.5 Å². The second-order valence-corrected chi connectivity index (χ2v) is 9.55. The number of aryl methyl sites for hydroxylation is 2. The van der Waals surface area contributed by atoms with Crippen LogP contribution in [0.4, 0.5) is 5.69 Å². The Morgan fingerprint density at radius 3 is 2.40 bits per heavy atom. The number of hydrogen-bond donors (Lipinski definition) is 2.